The molecule has 0 bridgehead atoms. The Balaban J connectivity index is 1.74. The van der Waals surface area contributed by atoms with Gasteiger partial charge < -0.3 is 31.5 Å². The van der Waals surface area contributed by atoms with Crippen LogP contribution in [0.1, 0.15) is 13.8 Å². The molecule has 2 heterocycles. The SMILES string of the molecule is CNc1nc(Nc2ccc(N3CCN(C)CC3)cc2)nc(NC(C)C)c1N. The molecule has 3 rings (SSSR count). The van der Waals surface area contributed by atoms with Gasteiger partial charge >= 0.3 is 0 Å². The Morgan fingerprint density at radius 3 is 2.22 bits per heavy atom. The van der Waals surface area contributed by atoms with Crippen molar-refractivity contribution in [3.63, 3.8) is 0 Å². The highest BCUT2D eigenvalue weighted by Crippen LogP contribution is 2.28. The average molecular weight is 371 g/mol. The van der Waals surface area contributed by atoms with Gasteiger partial charge in [-0.05, 0) is 45.2 Å². The molecule has 8 nitrogen and oxygen atoms in total. The van der Waals surface area contributed by atoms with Crippen molar-refractivity contribution in [1.29, 1.82) is 0 Å². The molecule has 146 valence electrons. The molecule has 0 saturated carbocycles. The smallest absolute Gasteiger partial charge is 0.231 e. The minimum Gasteiger partial charge on any atom is -0.393 e. The number of hydrogen-bond acceptors (Lipinski definition) is 8. The number of benzene rings is 1. The summed E-state index contributed by atoms with van der Waals surface area (Å²) in [6.07, 6.45) is 0. The van der Waals surface area contributed by atoms with Crippen LogP contribution in [0.3, 0.4) is 0 Å². The Labute approximate surface area is 161 Å². The molecule has 5 N–H and O–H groups in total. The number of likely N-dealkylation sites (N-methyl/N-ethyl adjacent to an activating group) is 1. The average Bonchev–Trinajstić information content (AvgIpc) is 2.65. The van der Waals surface area contributed by atoms with E-state index in [4.69, 9.17) is 5.73 Å². The van der Waals surface area contributed by atoms with Crippen molar-refractivity contribution in [3.8, 4) is 0 Å². The van der Waals surface area contributed by atoms with Crippen molar-refractivity contribution in [3.05, 3.63) is 24.3 Å². The third-order valence-corrected chi connectivity index (χ3v) is 4.60. The molecule has 27 heavy (non-hydrogen) atoms. The van der Waals surface area contributed by atoms with E-state index in [1.54, 1.807) is 7.05 Å². The Bertz CT molecular complexity index is 751. The van der Waals surface area contributed by atoms with E-state index in [9.17, 15) is 0 Å². The molecule has 0 spiro atoms. The normalized spacial score (nSPS) is 15.1. The van der Waals surface area contributed by atoms with E-state index in [2.05, 4.69) is 67.0 Å². The minimum absolute atomic E-state index is 0.225. The zero-order chi connectivity index (χ0) is 19.4. The zero-order valence-electron chi connectivity index (χ0n) is 16.6. The van der Waals surface area contributed by atoms with Gasteiger partial charge in [0.1, 0.15) is 5.69 Å². The van der Waals surface area contributed by atoms with Gasteiger partial charge in [0.25, 0.3) is 0 Å². The molecule has 1 aliphatic heterocycles. The monoisotopic (exact) mass is 370 g/mol. The molecule has 0 unspecified atom stereocenters. The van der Waals surface area contributed by atoms with E-state index in [0.29, 0.717) is 23.3 Å². The molecule has 0 atom stereocenters. The van der Waals surface area contributed by atoms with E-state index in [1.807, 2.05) is 13.8 Å². The van der Waals surface area contributed by atoms with Gasteiger partial charge in [0.05, 0.1) is 0 Å². The Morgan fingerprint density at radius 2 is 1.63 bits per heavy atom. The van der Waals surface area contributed by atoms with Crippen LogP contribution < -0.4 is 26.6 Å². The fraction of sp³-hybridized carbons (Fsp3) is 0.474. The molecular weight excluding hydrogens is 340 g/mol. The number of nitrogen functional groups attached to an aromatic ring is 1. The number of anilines is 6. The first-order valence-electron chi connectivity index (χ1n) is 9.38. The van der Waals surface area contributed by atoms with Crippen molar-refractivity contribution in [2.24, 2.45) is 0 Å². The predicted octanol–water partition coefficient (Wildman–Crippen LogP) is 2.42. The number of nitrogens with zero attached hydrogens (tertiary/aromatic N) is 4. The molecule has 8 heteroatoms. The van der Waals surface area contributed by atoms with Gasteiger partial charge in [0.2, 0.25) is 5.95 Å². The van der Waals surface area contributed by atoms with Crippen molar-refractivity contribution >= 4 is 34.6 Å². The third kappa shape index (κ3) is 4.71. The fourth-order valence-electron chi connectivity index (χ4n) is 3.05. The first-order chi connectivity index (χ1) is 13.0. The van der Waals surface area contributed by atoms with Gasteiger partial charge in [-0.2, -0.15) is 9.97 Å². The quantitative estimate of drug-likeness (QED) is 0.616. The van der Waals surface area contributed by atoms with Gasteiger partial charge in [0, 0.05) is 50.6 Å². The zero-order valence-corrected chi connectivity index (χ0v) is 16.6. The Hall–Kier alpha value is -2.74. The van der Waals surface area contributed by atoms with Gasteiger partial charge in [-0.1, -0.05) is 0 Å². The van der Waals surface area contributed by atoms with Gasteiger partial charge in [-0.3, -0.25) is 0 Å². The summed E-state index contributed by atoms with van der Waals surface area (Å²) in [6, 6.07) is 8.61. The molecule has 1 saturated heterocycles. The maximum absolute atomic E-state index is 6.13. The van der Waals surface area contributed by atoms with E-state index in [-0.39, 0.29) is 6.04 Å². The minimum atomic E-state index is 0.225. The second-order valence-corrected chi connectivity index (χ2v) is 7.17. The van der Waals surface area contributed by atoms with Crippen LogP contribution in [0.25, 0.3) is 0 Å². The van der Waals surface area contributed by atoms with Crippen LogP contribution in [0, 0.1) is 0 Å². The van der Waals surface area contributed by atoms with Crippen LogP contribution >= 0.6 is 0 Å². The molecule has 0 radical (unpaired) electrons. The molecule has 1 fully saturated rings. The highest BCUT2D eigenvalue weighted by atomic mass is 15.2. The topological polar surface area (TPSA) is 94.4 Å². The van der Waals surface area contributed by atoms with E-state index in [1.165, 1.54) is 5.69 Å². The number of aromatic nitrogens is 2. The number of nitrogens with two attached hydrogens (primary N) is 1. The molecule has 1 aliphatic rings. The maximum Gasteiger partial charge on any atom is 0.231 e. The van der Waals surface area contributed by atoms with Crippen molar-refractivity contribution < 1.29 is 0 Å². The second-order valence-electron chi connectivity index (χ2n) is 7.17. The maximum atomic E-state index is 6.13. The van der Waals surface area contributed by atoms with Gasteiger partial charge in [-0.25, -0.2) is 0 Å². The lowest BCUT2D eigenvalue weighted by atomic mass is 10.2. The lowest BCUT2D eigenvalue weighted by Crippen LogP contribution is -2.44. The standard InChI is InChI=1S/C19H30N8/c1-13(2)22-18-16(20)17(21-3)24-19(25-18)23-14-5-7-15(8-6-14)27-11-9-26(4)10-12-27/h5-8,13H,9-12,20H2,1-4H3,(H3,21,22,23,24,25). The second kappa shape index (κ2) is 8.30. The van der Waals surface area contributed by atoms with Crippen LogP contribution in [0.2, 0.25) is 0 Å². The first kappa shape index (κ1) is 19.0. The number of nitrogens with one attached hydrogen (secondary N) is 3. The summed E-state index contributed by atoms with van der Waals surface area (Å²) >= 11 is 0. The Kier molecular flexibility index (Phi) is 5.85. The number of rotatable bonds is 6. The Morgan fingerprint density at radius 1 is 1.00 bits per heavy atom. The van der Waals surface area contributed by atoms with E-state index >= 15 is 0 Å². The highest BCUT2D eigenvalue weighted by Gasteiger charge is 2.15. The number of hydrogen-bond donors (Lipinski definition) is 4. The fourth-order valence-corrected chi connectivity index (χ4v) is 3.05. The van der Waals surface area contributed by atoms with Crippen LogP contribution in [0.4, 0.5) is 34.6 Å². The summed E-state index contributed by atoms with van der Waals surface area (Å²) in [5.41, 5.74) is 8.83. The van der Waals surface area contributed by atoms with Crippen LogP contribution in [-0.2, 0) is 0 Å². The highest BCUT2D eigenvalue weighted by molar-refractivity contribution is 5.77. The summed E-state index contributed by atoms with van der Waals surface area (Å²) in [7, 11) is 3.96. The molecule has 2 aromatic rings. The van der Waals surface area contributed by atoms with Crippen molar-refractivity contribution in [2.45, 2.75) is 19.9 Å². The summed E-state index contributed by atoms with van der Waals surface area (Å²) < 4.78 is 0. The van der Waals surface area contributed by atoms with Crippen molar-refractivity contribution in [1.82, 2.24) is 14.9 Å². The summed E-state index contributed by atoms with van der Waals surface area (Å²) in [5.74, 6) is 1.73. The molecule has 0 amide bonds. The van der Waals surface area contributed by atoms with E-state index < -0.39 is 0 Å². The third-order valence-electron chi connectivity index (χ3n) is 4.60. The molecule has 1 aromatic heterocycles. The molecule has 1 aromatic carbocycles. The number of piperazine rings is 1. The lowest BCUT2D eigenvalue weighted by Gasteiger charge is -2.34. The van der Waals surface area contributed by atoms with Gasteiger partial charge in [0.15, 0.2) is 11.6 Å². The van der Waals surface area contributed by atoms with Crippen LogP contribution in [0.15, 0.2) is 24.3 Å². The predicted molar refractivity (Wildman–Crippen MR) is 114 cm³/mol. The first-order valence-corrected chi connectivity index (χ1v) is 9.38. The van der Waals surface area contributed by atoms with Gasteiger partial charge in [-0.15, -0.1) is 0 Å². The molecule has 0 aliphatic carbocycles. The summed E-state index contributed by atoms with van der Waals surface area (Å²) in [5, 5.41) is 9.56. The largest absolute Gasteiger partial charge is 0.393 e. The molecular formula is C19H30N8. The summed E-state index contributed by atoms with van der Waals surface area (Å²) in [4.78, 5) is 13.7. The van der Waals surface area contributed by atoms with Crippen LogP contribution in [-0.4, -0.2) is 61.2 Å². The van der Waals surface area contributed by atoms with Crippen LogP contribution in [0.5, 0.6) is 0 Å². The summed E-state index contributed by atoms with van der Waals surface area (Å²) in [6.45, 7) is 8.39. The van der Waals surface area contributed by atoms with Crippen molar-refractivity contribution in [2.75, 3.05) is 66.9 Å². The lowest BCUT2D eigenvalue weighted by molar-refractivity contribution is 0.313. The van der Waals surface area contributed by atoms with E-state index in [0.717, 1.165) is 31.9 Å².